The standard InChI is InChI=1S/C22H15Cl2N3O4/c1-11-7-12(2)20-19(8-11)26-22(31-20)13-3-6-16(23)18(9-13)25-21(28)15-5-4-14(27(29)30)10-17(15)24/h3-10H,1-2H3,(H,25,28). The van der Waals surface area contributed by atoms with E-state index < -0.39 is 10.8 Å². The number of amides is 1. The maximum atomic E-state index is 12.7. The number of carbonyl (C=O) groups excluding carboxylic acids is 1. The number of anilines is 1. The van der Waals surface area contributed by atoms with E-state index in [4.69, 9.17) is 27.6 Å². The summed E-state index contributed by atoms with van der Waals surface area (Å²) in [5.74, 6) is -0.160. The van der Waals surface area contributed by atoms with Crippen molar-refractivity contribution >= 4 is 51.6 Å². The number of nitrogens with zero attached hydrogens (tertiary/aromatic N) is 2. The number of oxazole rings is 1. The van der Waals surface area contributed by atoms with E-state index in [9.17, 15) is 14.9 Å². The zero-order valence-electron chi connectivity index (χ0n) is 16.4. The number of aromatic nitrogens is 1. The largest absolute Gasteiger partial charge is 0.436 e. The molecule has 4 rings (SSSR count). The molecule has 0 unspecified atom stereocenters. The van der Waals surface area contributed by atoms with Gasteiger partial charge in [0.1, 0.15) is 5.52 Å². The topological polar surface area (TPSA) is 98.3 Å². The van der Waals surface area contributed by atoms with Crippen LogP contribution in [0.4, 0.5) is 11.4 Å². The number of fused-ring (bicyclic) bond motifs is 1. The Labute approximate surface area is 186 Å². The molecule has 1 amide bonds. The van der Waals surface area contributed by atoms with Gasteiger partial charge >= 0.3 is 0 Å². The second-order valence-electron chi connectivity index (χ2n) is 7.02. The summed E-state index contributed by atoms with van der Waals surface area (Å²) in [4.78, 5) is 27.5. The minimum atomic E-state index is -0.586. The zero-order chi connectivity index (χ0) is 22.3. The number of non-ortho nitro benzene ring substituents is 1. The Morgan fingerprint density at radius 1 is 1.06 bits per heavy atom. The number of rotatable bonds is 4. The van der Waals surface area contributed by atoms with Crippen molar-refractivity contribution in [2.75, 3.05) is 5.32 Å². The Kier molecular flexibility index (Phi) is 5.39. The van der Waals surface area contributed by atoms with Crippen LogP contribution >= 0.6 is 23.2 Å². The van der Waals surface area contributed by atoms with E-state index in [-0.39, 0.29) is 16.3 Å². The fourth-order valence-electron chi connectivity index (χ4n) is 3.25. The lowest BCUT2D eigenvalue weighted by molar-refractivity contribution is -0.384. The highest BCUT2D eigenvalue weighted by atomic mass is 35.5. The van der Waals surface area contributed by atoms with Crippen molar-refractivity contribution in [3.8, 4) is 11.5 Å². The first-order chi connectivity index (χ1) is 14.7. The summed E-state index contributed by atoms with van der Waals surface area (Å²) in [6.45, 7) is 3.94. The maximum absolute atomic E-state index is 12.7. The van der Waals surface area contributed by atoms with Gasteiger partial charge in [-0.15, -0.1) is 0 Å². The molecule has 0 bridgehead atoms. The number of hydrogen-bond donors (Lipinski definition) is 1. The Hall–Kier alpha value is -3.42. The molecule has 0 aliphatic heterocycles. The van der Waals surface area contributed by atoms with Gasteiger partial charge < -0.3 is 9.73 Å². The number of aryl methyl sites for hydroxylation is 2. The van der Waals surface area contributed by atoms with Crippen molar-refractivity contribution < 1.29 is 14.1 Å². The molecule has 0 saturated carbocycles. The molecule has 0 fully saturated rings. The molecule has 9 heteroatoms. The molecule has 7 nitrogen and oxygen atoms in total. The van der Waals surface area contributed by atoms with E-state index in [2.05, 4.69) is 10.3 Å². The molecule has 1 aromatic heterocycles. The smallest absolute Gasteiger partial charge is 0.270 e. The predicted molar refractivity (Wildman–Crippen MR) is 120 cm³/mol. The van der Waals surface area contributed by atoms with E-state index >= 15 is 0 Å². The molecular weight excluding hydrogens is 441 g/mol. The van der Waals surface area contributed by atoms with Crippen molar-refractivity contribution in [3.63, 3.8) is 0 Å². The fourth-order valence-corrected chi connectivity index (χ4v) is 3.67. The molecule has 0 radical (unpaired) electrons. The highest BCUT2D eigenvalue weighted by molar-refractivity contribution is 6.36. The molecule has 1 heterocycles. The van der Waals surface area contributed by atoms with Gasteiger partial charge in [0.05, 0.1) is 26.2 Å². The summed E-state index contributed by atoms with van der Waals surface area (Å²) >= 11 is 12.3. The predicted octanol–water partition coefficient (Wildman–Crippen LogP) is 6.58. The molecule has 0 aliphatic carbocycles. The van der Waals surface area contributed by atoms with Crippen molar-refractivity contribution in [1.29, 1.82) is 0 Å². The third kappa shape index (κ3) is 4.10. The molecule has 1 N–H and O–H groups in total. The van der Waals surface area contributed by atoms with Crippen LogP contribution < -0.4 is 5.32 Å². The van der Waals surface area contributed by atoms with E-state index in [1.54, 1.807) is 18.2 Å². The van der Waals surface area contributed by atoms with Gasteiger partial charge in [-0.25, -0.2) is 4.98 Å². The second-order valence-corrected chi connectivity index (χ2v) is 7.83. The van der Waals surface area contributed by atoms with Gasteiger partial charge in [-0.05, 0) is 55.3 Å². The maximum Gasteiger partial charge on any atom is 0.270 e. The van der Waals surface area contributed by atoms with Gasteiger partial charge in [0.25, 0.3) is 11.6 Å². The van der Waals surface area contributed by atoms with Crippen molar-refractivity contribution in [2.24, 2.45) is 0 Å². The van der Waals surface area contributed by atoms with E-state index in [0.29, 0.717) is 27.7 Å². The van der Waals surface area contributed by atoms with E-state index in [1.807, 2.05) is 26.0 Å². The van der Waals surface area contributed by atoms with Crippen LogP contribution in [0.3, 0.4) is 0 Å². The number of benzene rings is 3. The Balaban J connectivity index is 1.67. The van der Waals surface area contributed by atoms with Gasteiger partial charge in [0, 0.05) is 17.7 Å². The number of nitro groups is 1. The van der Waals surface area contributed by atoms with Crippen LogP contribution in [0.2, 0.25) is 10.0 Å². The van der Waals surface area contributed by atoms with Gasteiger partial charge in [0.2, 0.25) is 5.89 Å². The number of nitrogens with one attached hydrogen (secondary N) is 1. The first-order valence-electron chi connectivity index (χ1n) is 9.16. The molecule has 3 aromatic carbocycles. The summed E-state index contributed by atoms with van der Waals surface area (Å²) in [7, 11) is 0. The molecule has 0 saturated heterocycles. The molecule has 31 heavy (non-hydrogen) atoms. The van der Waals surface area contributed by atoms with Crippen molar-refractivity contribution in [2.45, 2.75) is 13.8 Å². The quantitative estimate of drug-likeness (QED) is 0.276. The number of nitro benzene ring substituents is 1. The van der Waals surface area contributed by atoms with E-state index in [0.717, 1.165) is 22.7 Å². The molecule has 0 aliphatic rings. The van der Waals surface area contributed by atoms with Crippen LogP contribution in [0.1, 0.15) is 21.5 Å². The van der Waals surface area contributed by atoms with Gasteiger partial charge in [-0.2, -0.15) is 0 Å². The summed E-state index contributed by atoms with van der Waals surface area (Å²) in [6.07, 6.45) is 0. The van der Waals surface area contributed by atoms with Crippen molar-refractivity contribution in [1.82, 2.24) is 4.98 Å². The summed E-state index contributed by atoms with van der Waals surface area (Å²) in [6, 6.07) is 12.6. The third-order valence-corrected chi connectivity index (χ3v) is 5.33. The Morgan fingerprint density at radius 2 is 1.84 bits per heavy atom. The highest BCUT2D eigenvalue weighted by Gasteiger charge is 2.17. The Morgan fingerprint density at radius 3 is 2.55 bits per heavy atom. The van der Waals surface area contributed by atoms with Crippen molar-refractivity contribution in [3.05, 3.63) is 85.4 Å². The molecular formula is C22H15Cl2N3O4. The average molecular weight is 456 g/mol. The molecule has 4 aromatic rings. The minimum absolute atomic E-state index is 0.0382. The summed E-state index contributed by atoms with van der Waals surface area (Å²) < 4.78 is 5.93. The monoisotopic (exact) mass is 455 g/mol. The average Bonchev–Trinajstić information content (AvgIpc) is 3.13. The minimum Gasteiger partial charge on any atom is -0.436 e. The number of halogens is 2. The molecule has 0 atom stereocenters. The van der Waals surface area contributed by atoms with Crippen LogP contribution in [0.5, 0.6) is 0 Å². The van der Waals surface area contributed by atoms with Crippen LogP contribution in [-0.4, -0.2) is 15.8 Å². The first kappa shape index (κ1) is 20.8. The van der Waals surface area contributed by atoms with Gasteiger partial charge in [0.15, 0.2) is 5.58 Å². The molecule has 0 spiro atoms. The lowest BCUT2D eigenvalue weighted by atomic mass is 10.1. The normalized spacial score (nSPS) is 11.0. The third-order valence-electron chi connectivity index (χ3n) is 4.69. The van der Waals surface area contributed by atoms with E-state index in [1.165, 1.54) is 12.1 Å². The first-order valence-corrected chi connectivity index (χ1v) is 9.91. The summed E-state index contributed by atoms with van der Waals surface area (Å²) in [5.41, 5.74) is 4.32. The molecule has 156 valence electrons. The Bertz CT molecular complexity index is 1360. The number of hydrogen-bond acceptors (Lipinski definition) is 5. The number of carbonyl (C=O) groups is 1. The van der Waals surface area contributed by atoms with Crippen LogP contribution in [0.25, 0.3) is 22.6 Å². The highest BCUT2D eigenvalue weighted by Crippen LogP contribution is 2.32. The zero-order valence-corrected chi connectivity index (χ0v) is 17.9. The SMILES string of the molecule is Cc1cc(C)c2oc(-c3ccc(Cl)c(NC(=O)c4ccc([N+](=O)[O-])cc4Cl)c3)nc2c1. The lowest BCUT2D eigenvalue weighted by Gasteiger charge is -2.09. The van der Waals surface area contributed by atoms with Crippen LogP contribution in [0, 0.1) is 24.0 Å². The fraction of sp³-hybridized carbons (Fsp3) is 0.0909. The lowest BCUT2D eigenvalue weighted by Crippen LogP contribution is -2.13. The van der Waals surface area contributed by atoms with Crippen LogP contribution in [-0.2, 0) is 0 Å². The van der Waals surface area contributed by atoms with Gasteiger partial charge in [-0.3, -0.25) is 14.9 Å². The van der Waals surface area contributed by atoms with Crippen LogP contribution in [0.15, 0.2) is 52.9 Å². The second kappa shape index (κ2) is 8.02. The van der Waals surface area contributed by atoms with Gasteiger partial charge in [-0.1, -0.05) is 29.3 Å². The summed E-state index contributed by atoms with van der Waals surface area (Å²) in [5, 5.41) is 13.8.